The van der Waals surface area contributed by atoms with Gasteiger partial charge in [0.25, 0.3) is 5.69 Å². The van der Waals surface area contributed by atoms with Crippen molar-refractivity contribution in [2.45, 2.75) is 25.7 Å². The molecule has 1 amide bonds. The average molecular weight is 403 g/mol. The number of nitrogens with zero attached hydrogens (tertiary/aromatic N) is 2. The molecule has 0 aromatic heterocycles. The van der Waals surface area contributed by atoms with E-state index >= 15 is 0 Å². The average Bonchev–Trinajstić information content (AvgIpc) is 2.49. The van der Waals surface area contributed by atoms with Crippen LogP contribution >= 0.6 is 22.6 Å². The molecule has 0 aliphatic carbocycles. The van der Waals surface area contributed by atoms with Gasteiger partial charge in [-0.15, -0.1) is 0 Å². The van der Waals surface area contributed by atoms with Crippen LogP contribution in [0.2, 0.25) is 0 Å². The third kappa shape index (κ3) is 4.55. The molecule has 114 valence electrons. The van der Waals surface area contributed by atoms with Crippen molar-refractivity contribution in [1.82, 2.24) is 4.90 Å². The molecule has 0 unspecified atom stereocenters. The third-order valence-electron chi connectivity index (χ3n) is 3.52. The Labute approximate surface area is 137 Å². The number of hydrogen-bond acceptors (Lipinski definition) is 4. The van der Waals surface area contributed by atoms with Gasteiger partial charge in [0.1, 0.15) is 5.69 Å². The van der Waals surface area contributed by atoms with Gasteiger partial charge in [-0.25, -0.2) is 0 Å². The molecular formula is C14H18IN3O3. The number of anilines is 1. The van der Waals surface area contributed by atoms with Gasteiger partial charge in [0.05, 0.1) is 4.92 Å². The Hall–Kier alpha value is -1.38. The van der Waals surface area contributed by atoms with E-state index < -0.39 is 4.92 Å². The van der Waals surface area contributed by atoms with Gasteiger partial charge in [0.2, 0.25) is 5.91 Å². The molecule has 7 heteroatoms. The zero-order valence-corrected chi connectivity index (χ0v) is 13.8. The Balaban J connectivity index is 1.88. The molecule has 1 heterocycles. The molecular weight excluding hydrogens is 385 g/mol. The molecule has 0 bridgehead atoms. The van der Waals surface area contributed by atoms with Crippen molar-refractivity contribution in [3.05, 3.63) is 31.9 Å². The second-order valence-electron chi connectivity index (χ2n) is 5.04. The first-order valence-electron chi connectivity index (χ1n) is 7.03. The number of carbonyl (C=O) groups is 1. The van der Waals surface area contributed by atoms with Gasteiger partial charge in [0.15, 0.2) is 0 Å². The van der Waals surface area contributed by atoms with E-state index in [1.807, 2.05) is 33.6 Å². The fraction of sp³-hybridized carbons (Fsp3) is 0.500. The zero-order chi connectivity index (χ0) is 15.2. The number of nitro benzene ring substituents is 1. The largest absolute Gasteiger partial charge is 0.379 e. The highest BCUT2D eigenvalue weighted by atomic mass is 127. The van der Waals surface area contributed by atoms with Crippen molar-refractivity contribution >= 4 is 39.9 Å². The van der Waals surface area contributed by atoms with Crippen LogP contribution in [0.3, 0.4) is 0 Å². The van der Waals surface area contributed by atoms with Crippen molar-refractivity contribution in [3.8, 4) is 0 Å². The number of halogens is 1. The van der Waals surface area contributed by atoms with Crippen molar-refractivity contribution in [1.29, 1.82) is 0 Å². The normalized spacial score (nSPS) is 14.8. The molecule has 1 fully saturated rings. The van der Waals surface area contributed by atoms with Gasteiger partial charge < -0.3 is 10.2 Å². The van der Waals surface area contributed by atoms with Gasteiger partial charge in [0, 0.05) is 35.7 Å². The van der Waals surface area contributed by atoms with Crippen molar-refractivity contribution in [2.75, 3.05) is 25.0 Å². The summed E-state index contributed by atoms with van der Waals surface area (Å²) in [4.78, 5) is 24.5. The second-order valence-corrected chi connectivity index (χ2v) is 6.28. The summed E-state index contributed by atoms with van der Waals surface area (Å²) in [6.07, 6.45) is 3.70. The highest BCUT2D eigenvalue weighted by Gasteiger charge is 2.17. The van der Waals surface area contributed by atoms with Crippen LogP contribution in [0, 0.1) is 13.7 Å². The van der Waals surface area contributed by atoms with Crippen LogP contribution in [-0.4, -0.2) is 35.4 Å². The number of likely N-dealkylation sites (tertiary alicyclic amines) is 1. The Morgan fingerprint density at radius 3 is 2.71 bits per heavy atom. The van der Waals surface area contributed by atoms with Crippen LogP contribution in [0.1, 0.15) is 25.7 Å². The van der Waals surface area contributed by atoms with Crippen molar-refractivity contribution in [2.24, 2.45) is 0 Å². The second kappa shape index (κ2) is 7.58. The number of nitrogens with one attached hydrogen (secondary N) is 1. The maximum Gasteiger partial charge on any atom is 0.293 e. The van der Waals surface area contributed by atoms with E-state index in [1.165, 1.54) is 12.5 Å². The van der Waals surface area contributed by atoms with E-state index in [4.69, 9.17) is 0 Å². The Morgan fingerprint density at radius 2 is 2.05 bits per heavy atom. The standard InChI is InChI=1S/C14H18IN3O3/c15-11-4-5-12(13(10-11)18(20)21)16-7-6-14(19)17-8-2-1-3-9-17/h4-5,10,16H,1-3,6-9H2. The quantitative estimate of drug-likeness (QED) is 0.466. The highest BCUT2D eigenvalue weighted by molar-refractivity contribution is 14.1. The lowest BCUT2D eigenvalue weighted by molar-refractivity contribution is -0.384. The fourth-order valence-corrected chi connectivity index (χ4v) is 2.89. The SMILES string of the molecule is O=C(CCNc1ccc(I)cc1[N+](=O)[O-])N1CCCCC1. The lowest BCUT2D eigenvalue weighted by Crippen LogP contribution is -2.36. The van der Waals surface area contributed by atoms with Crippen LogP contribution in [-0.2, 0) is 4.79 Å². The zero-order valence-electron chi connectivity index (χ0n) is 11.7. The molecule has 2 rings (SSSR count). The van der Waals surface area contributed by atoms with Gasteiger partial charge in [-0.1, -0.05) is 0 Å². The smallest absolute Gasteiger partial charge is 0.293 e. The van der Waals surface area contributed by atoms with Crippen LogP contribution in [0.25, 0.3) is 0 Å². The van der Waals surface area contributed by atoms with Gasteiger partial charge in [-0.3, -0.25) is 14.9 Å². The van der Waals surface area contributed by atoms with Gasteiger partial charge >= 0.3 is 0 Å². The van der Waals surface area contributed by atoms with Crippen molar-refractivity contribution in [3.63, 3.8) is 0 Å². The summed E-state index contributed by atoms with van der Waals surface area (Å²) in [5.74, 6) is 0.121. The number of nitro groups is 1. The minimum Gasteiger partial charge on any atom is -0.379 e. The number of carbonyl (C=O) groups excluding carboxylic acids is 1. The number of hydrogen-bond donors (Lipinski definition) is 1. The summed E-state index contributed by atoms with van der Waals surface area (Å²) in [5, 5.41) is 14.0. The Bertz CT molecular complexity index is 530. The van der Waals surface area contributed by atoms with E-state index in [0.29, 0.717) is 18.7 Å². The predicted octanol–water partition coefficient (Wildman–Crippen LogP) is 3.01. The van der Waals surface area contributed by atoms with E-state index in [-0.39, 0.29) is 11.6 Å². The summed E-state index contributed by atoms with van der Waals surface area (Å²) in [6.45, 7) is 2.09. The molecule has 1 N–H and O–H groups in total. The van der Waals surface area contributed by atoms with Crippen LogP contribution < -0.4 is 5.32 Å². The first-order valence-corrected chi connectivity index (χ1v) is 8.11. The van der Waals surface area contributed by atoms with Crippen LogP contribution in [0.15, 0.2) is 18.2 Å². The molecule has 0 radical (unpaired) electrons. The first kappa shape index (κ1) is 16.0. The van der Waals surface area contributed by atoms with E-state index in [2.05, 4.69) is 5.32 Å². The minimum absolute atomic E-state index is 0.0484. The lowest BCUT2D eigenvalue weighted by Gasteiger charge is -2.26. The summed E-state index contributed by atoms with van der Waals surface area (Å²) in [5.41, 5.74) is 0.513. The van der Waals surface area contributed by atoms with E-state index in [9.17, 15) is 14.9 Å². The van der Waals surface area contributed by atoms with E-state index in [1.54, 1.807) is 6.07 Å². The number of rotatable bonds is 5. The molecule has 1 aromatic rings. The van der Waals surface area contributed by atoms with E-state index in [0.717, 1.165) is 29.5 Å². The molecule has 1 saturated heterocycles. The Morgan fingerprint density at radius 1 is 1.33 bits per heavy atom. The summed E-state index contributed by atoms with van der Waals surface area (Å²) in [6, 6.07) is 5.02. The summed E-state index contributed by atoms with van der Waals surface area (Å²) >= 11 is 2.04. The van der Waals surface area contributed by atoms with Gasteiger partial charge in [-0.2, -0.15) is 0 Å². The maximum absolute atomic E-state index is 12.0. The molecule has 21 heavy (non-hydrogen) atoms. The molecule has 1 aliphatic heterocycles. The molecule has 1 aromatic carbocycles. The van der Waals surface area contributed by atoms with Gasteiger partial charge in [-0.05, 0) is 54.0 Å². The first-order chi connectivity index (χ1) is 10.1. The molecule has 1 aliphatic rings. The molecule has 0 saturated carbocycles. The molecule has 0 spiro atoms. The fourth-order valence-electron chi connectivity index (χ4n) is 2.41. The maximum atomic E-state index is 12.0. The van der Waals surface area contributed by atoms with Crippen LogP contribution in [0.4, 0.5) is 11.4 Å². The Kier molecular flexibility index (Phi) is 5.77. The minimum atomic E-state index is -0.406. The summed E-state index contributed by atoms with van der Waals surface area (Å²) in [7, 11) is 0. The predicted molar refractivity (Wildman–Crippen MR) is 89.4 cm³/mol. The topological polar surface area (TPSA) is 75.5 Å². The van der Waals surface area contributed by atoms with Crippen molar-refractivity contribution < 1.29 is 9.72 Å². The number of benzene rings is 1. The number of piperidine rings is 1. The third-order valence-corrected chi connectivity index (χ3v) is 4.19. The monoisotopic (exact) mass is 403 g/mol. The highest BCUT2D eigenvalue weighted by Crippen LogP contribution is 2.26. The summed E-state index contributed by atoms with van der Waals surface area (Å²) < 4.78 is 0.814. The molecule has 6 nitrogen and oxygen atoms in total. The lowest BCUT2D eigenvalue weighted by atomic mass is 10.1. The van der Waals surface area contributed by atoms with Crippen LogP contribution in [0.5, 0.6) is 0 Å². The molecule has 0 atom stereocenters. The number of amides is 1.